The molecule has 2 N–H and O–H groups in total. The zero-order valence-corrected chi connectivity index (χ0v) is 11.9. The minimum atomic E-state index is -0.584. The van der Waals surface area contributed by atoms with Crippen LogP contribution in [0.3, 0.4) is 0 Å². The third kappa shape index (κ3) is 3.01. The van der Waals surface area contributed by atoms with Crippen LogP contribution in [0.1, 0.15) is 13.8 Å². The number of hydrogen-bond donors (Lipinski definition) is 1. The summed E-state index contributed by atoms with van der Waals surface area (Å²) in [6.45, 7) is 3.65. The maximum absolute atomic E-state index is 11.6. The van der Waals surface area contributed by atoms with Crippen LogP contribution in [0.4, 0.5) is 5.69 Å². The molecule has 0 aliphatic heterocycles. The Bertz CT molecular complexity index is 607. The molecule has 0 radical (unpaired) electrons. The van der Waals surface area contributed by atoms with Gasteiger partial charge in [0, 0.05) is 11.4 Å². The Morgan fingerprint density at radius 3 is 2.95 bits per heavy atom. The van der Waals surface area contributed by atoms with E-state index >= 15 is 0 Å². The molecule has 0 saturated carbocycles. The van der Waals surface area contributed by atoms with Crippen molar-refractivity contribution < 1.29 is 13.9 Å². The normalized spacial score (nSPS) is 11.7. The smallest absolute Gasteiger partial charge is 0.312 e. The Labute approximate surface area is 115 Å². The van der Waals surface area contributed by atoms with Gasteiger partial charge in [-0.3, -0.25) is 4.79 Å². The number of methoxy groups -OCH3 is 1. The van der Waals surface area contributed by atoms with Gasteiger partial charge in [-0.2, -0.15) is 0 Å². The van der Waals surface area contributed by atoms with Crippen molar-refractivity contribution in [1.82, 2.24) is 4.98 Å². The van der Waals surface area contributed by atoms with Crippen molar-refractivity contribution in [3.8, 4) is 0 Å². The quantitative estimate of drug-likeness (QED) is 0.527. The topological polar surface area (TPSA) is 78.3 Å². The van der Waals surface area contributed by atoms with Crippen molar-refractivity contribution in [2.24, 2.45) is 5.41 Å². The number of nitrogen functional groups attached to an aromatic ring is 1. The minimum absolute atomic E-state index is 0.250. The van der Waals surface area contributed by atoms with Gasteiger partial charge in [0.05, 0.1) is 12.5 Å². The lowest BCUT2D eigenvalue weighted by Gasteiger charge is -2.19. The molecule has 0 bridgehead atoms. The van der Waals surface area contributed by atoms with Gasteiger partial charge < -0.3 is 14.9 Å². The number of fused-ring (bicyclic) bond motifs is 1. The van der Waals surface area contributed by atoms with Crippen LogP contribution in [0.2, 0.25) is 0 Å². The number of hydrogen-bond acceptors (Lipinski definition) is 6. The Hall–Kier alpha value is -1.69. The summed E-state index contributed by atoms with van der Waals surface area (Å²) in [7, 11) is 1.39. The van der Waals surface area contributed by atoms with Gasteiger partial charge in [-0.05, 0) is 32.0 Å². The first-order valence-electron chi connectivity index (χ1n) is 5.80. The maximum Gasteiger partial charge on any atom is 0.312 e. The van der Waals surface area contributed by atoms with E-state index in [0.717, 1.165) is 5.52 Å². The molecule has 0 aliphatic carbocycles. The van der Waals surface area contributed by atoms with E-state index in [2.05, 4.69) is 4.98 Å². The van der Waals surface area contributed by atoms with Crippen LogP contribution in [0.15, 0.2) is 27.8 Å². The van der Waals surface area contributed by atoms with Gasteiger partial charge in [-0.15, -0.1) is 0 Å². The molecule has 1 aromatic carbocycles. The highest BCUT2D eigenvalue weighted by Gasteiger charge is 2.29. The molecule has 2 rings (SSSR count). The van der Waals surface area contributed by atoms with Crippen LogP contribution in [-0.2, 0) is 9.53 Å². The summed E-state index contributed by atoms with van der Waals surface area (Å²) in [5, 5.41) is 0.526. The van der Waals surface area contributed by atoms with E-state index in [1.54, 1.807) is 18.2 Å². The number of benzene rings is 1. The largest absolute Gasteiger partial charge is 0.469 e. The molecule has 5 nitrogen and oxygen atoms in total. The fourth-order valence-corrected chi connectivity index (χ4v) is 2.48. The number of aromatic nitrogens is 1. The van der Waals surface area contributed by atoms with Gasteiger partial charge in [-0.25, -0.2) is 4.98 Å². The molecule has 0 unspecified atom stereocenters. The fourth-order valence-electron chi connectivity index (χ4n) is 1.56. The van der Waals surface area contributed by atoms with Gasteiger partial charge in [0.1, 0.15) is 5.52 Å². The van der Waals surface area contributed by atoms with Crippen LogP contribution in [0.5, 0.6) is 0 Å². The zero-order valence-electron chi connectivity index (χ0n) is 11.1. The summed E-state index contributed by atoms with van der Waals surface area (Å²) in [5.74, 6) is 0.280. The summed E-state index contributed by atoms with van der Waals surface area (Å²) in [6.07, 6.45) is 0. The number of anilines is 1. The number of ether oxygens (including phenoxy) is 1. The second kappa shape index (κ2) is 5.13. The van der Waals surface area contributed by atoms with E-state index in [4.69, 9.17) is 14.9 Å². The van der Waals surface area contributed by atoms with Gasteiger partial charge in [0.25, 0.3) is 5.22 Å². The SMILES string of the molecule is COC(=O)C(C)(C)CSc1nc2cc(N)ccc2o1. The molecule has 102 valence electrons. The van der Waals surface area contributed by atoms with Crippen molar-refractivity contribution >= 4 is 34.5 Å². The first-order chi connectivity index (χ1) is 8.92. The summed E-state index contributed by atoms with van der Waals surface area (Å²) in [4.78, 5) is 15.9. The summed E-state index contributed by atoms with van der Waals surface area (Å²) in [6, 6.07) is 5.31. The number of carbonyl (C=O) groups is 1. The Morgan fingerprint density at radius 1 is 1.53 bits per heavy atom. The van der Waals surface area contributed by atoms with E-state index in [0.29, 0.717) is 22.2 Å². The molecular formula is C13H16N2O3S. The first kappa shape index (κ1) is 13.7. The number of oxazole rings is 1. The van der Waals surface area contributed by atoms with Crippen molar-refractivity contribution in [2.75, 3.05) is 18.6 Å². The monoisotopic (exact) mass is 280 g/mol. The fraction of sp³-hybridized carbons (Fsp3) is 0.385. The van der Waals surface area contributed by atoms with Gasteiger partial charge >= 0.3 is 5.97 Å². The minimum Gasteiger partial charge on any atom is -0.469 e. The number of thioether (sulfide) groups is 1. The molecule has 0 aliphatic rings. The average Bonchev–Trinajstić information content (AvgIpc) is 2.77. The molecule has 19 heavy (non-hydrogen) atoms. The molecule has 0 saturated heterocycles. The summed E-state index contributed by atoms with van der Waals surface area (Å²) in [5.41, 5.74) is 7.15. The third-order valence-corrected chi connectivity index (χ3v) is 3.97. The summed E-state index contributed by atoms with van der Waals surface area (Å²) >= 11 is 1.38. The first-order valence-corrected chi connectivity index (χ1v) is 6.78. The maximum atomic E-state index is 11.6. The second-order valence-electron chi connectivity index (χ2n) is 4.87. The highest BCUT2D eigenvalue weighted by atomic mass is 32.2. The predicted molar refractivity (Wildman–Crippen MR) is 74.9 cm³/mol. The number of carbonyl (C=O) groups excluding carboxylic acids is 1. The van der Waals surface area contributed by atoms with Crippen LogP contribution >= 0.6 is 11.8 Å². The average molecular weight is 280 g/mol. The molecular weight excluding hydrogens is 264 g/mol. The molecule has 0 spiro atoms. The summed E-state index contributed by atoms with van der Waals surface area (Å²) < 4.78 is 10.3. The molecule has 2 aromatic rings. The molecule has 1 aromatic heterocycles. The number of esters is 1. The molecule has 1 heterocycles. The number of rotatable bonds is 4. The van der Waals surface area contributed by atoms with E-state index in [1.807, 2.05) is 13.8 Å². The Balaban J connectivity index is 2.12. The van der Waals surface area contributed by atoms with E-state index < -0.39 is 5.41 Å². The number of nitrogens with zero attached hydrogens (tertiary/aromatic N) is 1. The zero-order chi connectivity index (χ0) is 14.0. The van der Waals surface area contributed by atoms with Crippen LogP contribution in [0, 0.1) is 5.41 Å². The van der Waals surface area contributed by atoms with Crippen molar-refractivity contribution in [1.29, 1.82) is 0 Å². The highest BCUT2D eigenvalue weighted by molar-refractivity contribution is 7.99. The molecule has 0 fully saturated rings. The standard InChI is InChI=1S/C13H16N2O3S/c1-13(2,11(16)17-3)7-19-12-15-9-6-8(14)4-5-10(9)18-12/h4-6H,7,14H2,1-3H3. The van der Waals surface area contributed by atoms with Crippen LogP contribution in [0.25, 0.3) is 11.1 Å². The van der Waals surface area contributed by atoms with Gasteiger partial charge in [-0.1, -0.05) is 11.8 Å². The van der Waals surface area contributed by atoms with E-state index in [1.165, 1.54) is 18.9 Å². The lowest BCUT2D eigenvalue weighted by Crippen LogP contribution is -2.28. The Kier molecular flexibility index (Phi) is 3.71. The molecule has 0 amide bonds. The van der Waals surface area contributed by atoms with Crippen molar-refractivity contribution in [3.05, 3.63) is 18.2 Å². The van der Waals surface area contributed by atoms with Crippen LogP contribution in [-0.4, -0.2) is 23.8 Å². The lowest BCUT2D eigenvalue weighted by atomic mass is 9.97. The van der Waals surface area contributed by atoms with E-state index in [9.17, 15) is 4.79 Å². The molecule has 6 heteroatoms. The van der Waals surface area contributed by atoms with Gasteiger partial charge in [0.2, 0.25) is 0 Å². The number of nitrogens with two attached hydrogens (primary N) is 1. The second-order valence-corrected chi connectivity index (χ2v) is 5.80. The van der Waals surface area contributed by atoms with Crippen molar-refractivity contribution in [2.45, 2.75) is 19.1 Å². The Morgan fingerprint density at radius 2 is 2.26 bits per heavy atom. The van der Waals surface area contributed by atoms with Gasteiger partial charge in [0.15, 0.2) is 5.58 Å². The van der Waals surface area contributed by atoms with E-state index in [-0.39, 0.29) is 5.97 Å². The molecule has 0 atom stereocenters. The van der Waals surface area contributed by atoms with Crippen molar-refractivity contribution in [3.63, 3.8) is 0 Å². The van der Waals surface area contributed by atoms with Crippen LogP contribution < -0.4 is 5.73 Å². The third-order valence-electron chi connectivity index (χ3n) is 2.69. The lowest BCUT2D eigenvalue weighted by molar-refractivity contribution is -0.149. The predicted octanol–water partition coefficient (Wildman–Crippen LogP) is 2.70. The highest BCUT2D eigenvalue weighted by Crippen LogP contribution is 2.30.